The second kappa shape index (κ2) is 4.01. The summed E-state index contributed by atoms with van der Waals surface area (Å²) in [6.07, 6.45) is 2.37. The van der Waals surface area contributed by atoms with Gasteiger partial charge in [-0.1, -0.05) is 0 Å². The molecule has 0 aromatic heterocycles. The highest BCUT2D eigenvalue weighted by Crippen LogP contribution is 2.35. The Morgan fingerprint density at radius 1 is 1.33 bits per heavy atom. The molecular weight excluding hydrogens is 188 g/mol. The number of nitrogens with one attached hydrogen (secondary N) is 1. The number of benzene rings is 1. The molecule has 0 fully saturated rings. The Hall–Kier alpha value is -1.38. The van der Waals surface area contributed by atoms with Crippen LogP contribution in [0.2, 0.25) is 0 Å². The van der Waals surface area contributed by atoms with Crippen LogP contribution in [0.15, 0.2) is 12.1 Å². The Morgan fingerprint density at radius 3 is 2.80 bits per heavy atom. The third kappa shape index (κ3) is 1.87. The van der Waals surface area contributed by atoms with Crippen LogP contribution < -0.4 is 15.0 Å². The smallest absolute Gasteiger partial charge is 0.144 e. The van der Waals surface area contributed by atoms with Gasteiger partial charge < -0.3 is 15.0 Å². The van der Waals surface area contributed by atoms with Crippen molar-refractivity contribution in [2.24, 2.45) is 0 Å². The summed E-state index contributed by atoms with van der Waals surface area (Å²) in [6.45, 7) is 1.07. The van der Waals surface area contributed by atoms with Gasteiger partial charge in [0.2, 0.25) is 0 Å². The van der Waals surface area contributed by atoms with Crippen LogP contribution in [0.25, 0.3) is 0 Å². The number of ether oxygens (including phenoxy) is 1. The summed E-state index contributed by atoms with van der Waals surface area (Å²) in [7, 11) is 5.80. The Labute approximate surface area is 91.0 Å². The van der Waals surface area contributed by atoms with Crippen molar-refractivity contribution in [1.82, 2.24) is 0 Å². The zero-order valence-corrected chi connectivity index (χ0v) is 9.63. The molecule has 0 unspecified atom stereocenters. The third-order valence-corrected chi connectivity index (χ3v) is 2.82. The standard InChI is InChI=1S/C12H18N2O/c1-14(2)11-7-9-5-4-6-13-10(9)8-12(11)15-3/h7-8,13H,4-6H2,1-3H3. The monoisotopic (exact) mass is 206 g/mol. The van der Waals surface area contributed by atoms with Crippen molar-refractivity contribution in [3.8, 4) is 5.75 Å². The minimum atomic E-state index is 0.938. The molecule has 15 heavy (non-hydrogen) atoms. The average Bonchev–Trinajstić information content (AvgIpc) is 2.27. The molecule has 1 N–H and O–H groups in total. The van der Waals surface area contributed by atoms with Gasteiger partial charge >= 0.3 is 0 Å². The number of anilines is 2. The van der Waals surface area contributed by atoms with Crippen LogP contribution in [0.5, 0.6) is 5.75 Å². The molecular formula is C12H18N2O. The Morgan fingerprint density at radius 2 is 2.13 bits per heavy atom. The van der Waals surface area contributed by atoms with E-state index in [4.69, 9.17) is 4.74 Å². The third-order valence-electron chi connectivity index (χ3n) is 2.82. The largest absolute Gasteiger partial charge is 0.495 e. The predicted octanol–water partition coefficient (Wildman–Crippen LogP) is 2.12. The van der Waals surface area contributed by atoms with E-state index in [9.17, 15) is 0 Å². The van der Waals surface area contributed by atoms with Gasteiger partial charge in [-0.3, -0.25) is 0 Å². The highest BCUT2D eigenvalue weighted by Gasteiger charge is 2.14. The van der Waals surface area contributed by atoms with Crippen LogP contribution in [0.4, 0.5) is 11.4 Å². The first-order valence-electron chi connectivity index (χ1n) is 5.34. The molecule has 82 valence electrons. The van der Waals surface area contributed by atoms with E-state index in [0.717, 1.165) is 24.4 Å². The number of hydrogen-bond donors (Lipinski definition) is 1. The Bertz CT molecular complexity index is 361. The normalized spacial score (nSPS) is 14.1. The minimum Gasteiger partial charge on any atom is -0.495 e. The van der Waals surface area contributed by atoms with Crippen molar-refractivity contribution < 1.29 is 4.74 Å². The lowest BCUT2D eigenvalue weighted by molar-refractivity contribution is 0.415. The van der Waals surface area contributed by atoms with Crippen LogP contribution in [-0.2, 0) is 6.42 Å². The van der Waals surface area contributed by atoms with E-state index in [-0.39, 0.29) is 0 Å². The van der Waals surface area contributed by atoms with E-state index in [1.54, 1.807) is 7.11 Å². The van der Waals surface area contributed by atoms with Gasteiger partial charge in [0.1, 0.15) is 5.75 Å². The molecule has 0 saturated heterocycles. The molecule has 1 heterocycles. The lowest BCUT2D eigenvalue weighted by Gasteiger charge is -2.23. The van der Waals surface area contributed by atoms with Crippen LogP contribution in [0.3, 0.4) is 0 Å². The fraction of sp³-hybridized carbons (Fsp3) is 0.500. The van der Waals surface area contributed by atoms with Crippen molar-refractivity contribution >= 4 is 11.4 Å². The highest BCUT2D eigenvalue weighted by molar-refractivity contribution is 5.69. The molecule has 1 aromatic rings. The second-order valence-electron chi connectivity index (χ2n) is 4.11. The summed E-state index contributed by atoms with van der Waals surface area (Å²) in [6, 6.07) is 4.32. The zero-order valence-electron chi connectivity index (χ0n) is 9.63. The maximum Gasteiger partial charge on any atom is 0.144 e. The maximum atomic E-state index is 5.39. The molecule has 0 radical (unpaired) electrons. The molecule has 3 heteroatoms. The summed E-state index contributed by atoms with van der Waals surface area (Å²) in [5.41, 5.74) is 3.77. The van der Waals surface area contributed by atoms with Crippen molar-refractivity contribution in [1.29, 1.82) is 0 Å². The van der Waals surface area contributed by atoms with E-state index >= 15 is 0 Å². The molecule has 0 saturated carbocycles. The van der Waals surface area contributed by atoms with Crippen LogP contribution in [0.1, 0.15) is 12.0 Å². The van der Waals surface area contributed by atoms with Gasteiger partial charge in [0.05, 0.1) is 12.8 Å². The van der Waals surface area contributed by atoms with Crippen molar-refractivity contribution in [2.75, 3.05) is 38.0 Å². The summed E-state index contributed by atoms with van der Waals surface area (Å²) >= 11 is 0. The summed E-state index contributed by atoms with van der Waals surface area (Å²) in [5, 5.41) is 3.40. The number of nitrogens with zero attached hydrogens (tertiary/aromatic N) is 1. The highest BCUT2D eigenvalue weighted by atomic mass is 16.5. The average molecular weight is 206 g/mol. The maximum absolute atomic E-state index is 5.39. The van der Waals surface area contributed by atoms with Crippen molar-refractivity contribution in [3.05, 3.63) is 17.7 Å². The molecule has 0 aliphatic carbocycles. The van der Waals surface area contributed by atoms with Gasteiger partial charge in [0.25, 0.3) is 0 Å². The molecule has 0 bridgehead atoms. The topological polar surface area (TPSA) is 24.5 Å². The van der Waals surface area contributed by atoms with Crippen LogP contribution >= 0.6 is 0 Å². The quantitative estimate of drug-likeness (QED) is 0.802. The van der Waals surface area contributed by atoms with Crippen LogP contribution in [-0.4, -0.2) is 27.7 Å². The fourth-order valence-electron chi connectivity index (χ4n) is 2.00. The minimum absolute atomic E-state index is 0.938. The van der Waals surface area contributed by atoms with Gasteiger partial charge in [-0.05, 0) is 24.5 Å². The van der Waals surface area contributed by atoms with Gasteiger partial charge in [-0.25, -0.2) is 0 Å². The van der Waals surface area contributed by atoms with Gasteiger partial charge in [-0.2, -0.15) is 0 Å². The SMILES string of the molecule is COc1cc2c(cc1N(C)C)CCCN2. The fourth-order valence-corrected chi connectivity index (χ4v) is 2.00. The second-order valence-corrected chi connectivity index (χ2v) is 4.11. The molecule has 0 spiro atoms. The van der Waals surface area contributed by atoms with E-state index in [1.165, 1.54) is 17.7 Å². The van der Waals surface area contributed by atoms with Gasteiger partial charge in [-0.15, -0.1) is 0 Å². The Balaban J connectivity index is 2.46. The molecule has 0 atom stereocenters. The number of methoxy groups -OCH3 is 1. The summed E-state index contributed by atoms with van der Waals surface area (Å²) in [4.78, 5) is 2.09. The Kier molecular flexibility index (Phi) is 2.71. The molecule has 1 aliphatic heterocycles. The van der Waals surface area contributed by atoms with Gasteiger partial charge in [0, 0.05) is 32.4 Å². The summed E-state index contributed by atoms with van der Waals surface area (Å²) in [5.74, 6) is 0.938. The van der Waals surface area contributed by atoms with E-state index < -0.39 is 0 Å². The molecule has 3 nitrogen and oxygen atoms in total. The first kappa shape index (κ1) is 10.1. The molecule has 1 aromatic carbocycles. The van der Waals surface area contributed by atoms with Crippen LogP contribution in [0, 0.1) is 0 Å². The van der Waals surface area contributed by atoms with Crippen molar-refractivity contribution in [2.45, 2.75) is 12.8 Å². The molecule has 0 amide bonds. The lowest BCUT2D eigenvalue weighted by atomic mass is 10.0. The van der Waals surface area contributed by atoms with E-state index in [0.29, 0.717) is 0 Å². The zero-order chi connectivity index (χ0) is 10.8. The van der Waals surface area contributed by atoms with Crippen molar-refractivity contribution in [3.63, 3.8) is 0 Å². The summed E-state index contributed by atoms with van der Waals surface area (Å²) < 4.78 is 5.39. The number of aryl methyl sites for hydroxylation is 1. The first-order chi connectivity index (χ1) is 7.22. The van der Waals surface area contributed by atoms with E-state index in [2.05, 4.69) is 22.3 Å². The van der Waals surface area contributed by atoms with E-state index in [1.807, 2.05) is 14.1 Å². The molecule has 1 aliphatic rings. The molecule has 2 rings (SSSR count). The lowest BCUT2D eigenvalue weighted by Crippen LogP contribution is -2.15. The van der Waals surface area contributed by atoms with Gasteiger partial charge in [0.15, 0.2) is 0 Å². The first-order valence-corrected chi connectivity index (χ1v) is 5.34. The predicted molar refractivity (Wildman–Crippen MR) is 64.1 cm³/mol. The number of fused-ring (bicyclic) bond motifs is 1. The number of rotatable bonds is 2. The number of hydrogen-bond acceptors (Lipinski definition) is 3.